The van der Waals surface area contributed by atoms with Crippen molar-refractivity contribution < 1.29 is 28.5 Å². The molecular weight excluding hydrogens is 424 g/mol. The van der Waals surface area contributed by atoms with E-state index in [2.05, 4.69) is 5.32 Å². The van der Waals surface area contributed by atoms with Crippen LogP contribution in [0.5, 0.6) is 17.2 Å². The number of nitrogens with one attached hydrogen (secondary N) is 1. The van der Waals surface area contributed by atoms with Gasteiger partial charge in [-0.3, -0.25) is 4.79 Å². The predicted octanol–water partition coefficient (Wildman–Crippen LogP) is 3.00. The number of ether oxygens (including phenoxy) is 4. The zero-order valence-electron chi connectivity index (χ0n) is 17.0. The number of methoxy groups -OCH3 is 2. The number of nitriles is 1. The van der Waals surface area contributed by atoms with Crippen molar-refractivity contribution in [3.8, 4) is 23.3 Å². The zero-order chi connectivity index (χ0) is 22.6. The minimum Gasteiger partial charge on any atom is -0.493 e. The molecule has 9 heteroatoms. The van der Waals surface area contributed by atoms with E-state index in [4.69, 9.17) is 30.5 Å². The fraction of sp³-hybridized carbons (Fsp3) is 0.227. The maximum Gasteiger partial charge on any atom is 0.349 e. The summed E-state index contributed by atoms with van der Waals surface area (Å²) in [6.07, 6.45) is 1.40. The van der Waals surface area contributed by atoms with Crippen molar-refractivity contribution in [2.24, 2.45) is 0 Å². The van der Waals surface area contributed by atoms with Gasteiger partial charge in [-0.25, -0.2) is 4.79 Å². The van der Waals surface area contributed by atoms with Crippen molar-refractivity contribution in [2.45, 2.75) is 0 Å². The van der Waals surface area contributed by atoms with Crippen LogP contribution in [0.1, 0.15) is 5.56 Å². The zero-order valence-corrected chi connectivity index (χ0v) is 17.8. The number of amides is 1. The summed E-state index contributed by atoms with van der Waals surface area (Å²) in [5.74, 6) is -0.406. The van der Waals surface area contributed by atoms with Crippen LogP contribution < -0.4 is 19.5 Å². The van der Waals surface area contributed by atoms with Crippen LogP contribution in [-0.2, 0) is 14.3 Å². The van der Waals surface area contributed by atoms with Gasteiger partial charge in [0, 0.05) is 13.7 Å². The standard InChI is InChI=1S/C22H21ClN2O6/c1-28-10-9-25-22(27)16(13-24)11-15-7-8-19(20(12-15)29-2)31-21(26)14-30-18-6-4-3-5-17(18)23/h3-8,11-12H,9-10,14H2,1-2H3,(H,25,27)/b16-11+. The number of esters is 1. The second-order valence-corrected chi connectivity index (χ2v) is 6.43. The molecule has 2 aromatic carbocycles. The molecule has 1 amide bonds. The highest BCUT2D eigenvalue weighted by Crippen LogP contribution is 2.29. The van der Waals surface area contributed by atoms with Gasteiger partial charge in [-0.1, -0.05) is 29.8 Å². The first-order chi connectivity index (χ1) is 15.0. The monoisotopic (exact) mass is 444 g/mol. The van der Waals surface area contributed by atoms with Crippen molar-refractivity contribution in [1.82, 2.24) is 5.32 Å². The highest BCUT2D eigenvalue weighted by molar-refractivity contribution is 6.32. The molecule has 2 aromatic rings. The molecule has 2 rings (SSSR count). The van der Waals surface area contributed by atoms with Gasteiger partial charge in [0.2, 0.25) is 0 Å². The van der Waals surface area contributed by atoms with E-state index in [0.29, 0.717) is 22.9 Å². The van der Waals surface area contributed by atoms with Gasteiger partial charge in [0.1, 0.15) is 17.4 Å². The molecule has 0 saturated heterocycles. The summed E-state index contributed by atoms with van der Waals surface area (Å²) in [4.78, 5) is 24.2. The minimum atomic E-state index is -0.656. The van der Waals surface area contributed by atoms with E-state index >= 15 is 0 Å². The topological polar surface area (TPSA) is 107 Å². The number of rotatable bonds is 10. The SMILES string of the molecule is COCCNC(=O)/C(C#N)=C/c1ccc(OC(=O)COc2ccccc2Cl)c(OC)c1. The van der Waals surface area contributed by atoms with Crippen molar-refractivity contribution in [1.29, 1.82) is 5.26 Å². The Morgan fingerprint density at radius 1 is 1.13 bits per heavy atom. The quantitative estimate of drug-likeness (QED) is 0.197. The van der Waals surface area contributed by atoms with E-state index in [9.17, 15) is 14.9 Å². The lowest BCUT2D eigenvalue weighted by molar-refractivity contribution is -0.136. The molecule has 162 valence electrons. The Hall–Kier alpha value is -3.54. The second kappa shape index (κ2) is 12.2. The van der Waals surface area contributed by atoms with E-state index < -0.39 is 11.9 Å². The minimum absolute atomic E-state index is 0.0870. The summed E-state index contributed by atoms with van der Waals surface area (Å²) in [6, 6.07) is 13.2. The average Bonchev–Trinajstić information content (AvgIpc) is 2.77. The average molecular weight is 445 g/mol. The molecule has 31 heavy (non-hydrogen) atoms. The Morgan fingerprint density at radius 2 is 1.90 bits per heavy atom. The number of carbonyl (C=O) groups is 2. The molecule has 0 atom stereocenters. The van der Waals surface area contributed by atoms with Crippen molar-refractivity contribution in [3.05, 3.63) is 58.6 Å². The third-order valence-corrected chi connectivity index (χ3v) is 4.17. The summed E-state index contributed by atoms with van der Waals surface area (Å²) >= 11 is 5.98. The van der Waals surface area contributed by atoms with Gasteiger partial charge < -0.3 is 24.3 Å². The molecule has 0 unspecified atom stereocenters. The second-order valence-electron chi connectivity index (χ2n) is 6.02. The van der Waals surface area contributed by atoms with Gasteiger partial charge in [-0.2, -0.15) is 5.26 Å². The molecule has 0 heterocycles. The van der Waals surface area contributed by atoms with Crippen molar-refractivity contribution >= 4 is 29.6 Å². The van der Waals surface area contributed by atoms with E-state index in [1.807, 2.05) is 6.07 Å². The molecular formula is C22H21ClN2O6. The largest absolute Gasteiger partial charge is 0.493 e. The Balaban J connectivity index is 2.06. The van der Waals surface area contributed by atoms with E-state index in [-0.39, 0.29) is 30.2 Å². The van der Waals surface area contributed by atoms with Gasteiger partial charge in [0.05, 0.1) is 18.7 Å². The first-order valence-electron chi connectivity index (χ1n) is 9.13. The smallest absolute Gasteiger partial charge is 0.349 e. The number of para-hydroxylation sites is 1. The lowest BCUT2D eigenvalue weighted by Gasteiger charge is -2.11. The molecule has 0 aliphatic rings. The maximum atomic E-state index is 12.1. The molecule has 0 bridgehead atoms. The van der Waals surface area contributed by atoms with Crippen molar-refractivity contribution in [2.75, 3.05) is 34.0 Å². The first-order valence-corrected chi connectivity index (χ1v) is 9.51. The van der Waals surface area contributed by atoms with Crippen LogP contribution in [0, 0.1) is 11.3 Å². The molecule has 0 aromatic heterocycles. The van der Waals surface area contributed by atoms with Gasteiger partial charge in [0.15, 0.2) is 18.1 Å². The highest BCUT2D eigenvalue weighted by atomic mass is 35.5. The maximum absolute atomic E-state index is 12.1. The normalized spacial score (nSPS) is 10.7. The van der Waals surface area contributed by atoms with Crippen LogP contribution in [0.15, 0.2) is 48.0 Å². The number of hydrogen-bond donors (Lipinski definition) is 1. The third kappa shape index (κ3) is 7.33. The molecule has 0 saturated carbocycles. The van der Waals surface area contributed by atoms with Gasteiger partial charge >= 0.3 is 5.97 Å². The third-order valence-electron chi connectivity index (χ3n) is 3.86. The molecule has 0 radical (unpaired) electrons. The van der Waals surface area contributed by atoms with Gasteiger partial charge in [-0.05, 0) is 35.9 Å². The van der Waals surface area contributed by atoms with Crippen LogP contribution in [0.2, 0.25) is 5.02 Å². The summed E-state index contributed by atoms with van der Waals surface area (Å²) in [7, 11) is 2.92. The summed E-state index contributed by atoms with van der Waals surface area (Å²) in [5, 5.41) is 12.2. The molecule has 0 fully saturated rings. The van der Waals surface area contributed by atoms with E-state index in [1.165, 1.54) is 32.4 Å². The number of halogens is 1. The Labute approximate surface area is 184 Å². The number of benzene rings is 2. The molecule has 8 nitrogen and oxygen atoms in total. The molecule has 0 aliphatic heterocycles. The molecule has 0 spiro atoms. The number of nitrogens with zero attached hydrogens (tertiary/aromatic N) is 1. The summed E-state index contributed by atoms with van der Waals surface area (Å²) in [5.41, 5.74) is 0.429. The van der Waals surface area contributed by atoms with Gasteiger partial charge in [-0.15, -0.1) is 0 Å². The Morgan fingerprint density at radius 3 is 2.58 bits per heavy atom. The first kappa shape index (κ1) is 23.7. The van der Waals surface area contributed by atoms with Crippen LogP contribution in [0.3, 0.4) is 0 Å². The van der Waals surface area contributed by atoms with Crippen LogP contribution in [-0.4, -0.2) is 45.9 Å². The lowest BCUT2D eigenvalue weighted by Crippen LogP contribution is -2.27. The molecule has 1 N–H and O–H groups in total. The fourth-order valence-corrected chi connectivity index (χ4v) is 2.58. The number of carbonyl (C=O) groups excluding carboxylic acids is 2. The lowest BCUT2D eigenvalue weighted by atomic mass is 10.1. The van der Waals surface area contributed by atoms with Crippen LogP contribution in [0.25, 0.3) is 6.08 Å². The van der Waals surface area contributed by atoms with Gasteiger partial charge in [0.25, 0.3) is 5.91 Å². The summed E-state index contributed by atoms with van der Waals surface area (Å²) in [6.45, 7) is 0.260. The van der Waals surface area contributed by atoms with E-state index in [0.717, 1.165) is 0 Å². The van der Waals surface area contributed by atoms with Crippen LogP contribution in [0.4, 0.5) is 0 Å². The Bertz CT molecular complexity index is 1000. The van der Waals surface area contributed by atoms with E-state index in [1.54, 1.807) is 30.3 Å². The van der Waals surface area contributed by atoms with Crippen molar-refractivity contribution in [3.63, 3.8) is 0 Å². The predicted molar refractivity (Wildman–Crippen MR) is 114 cm³/mol. The summed E-state index contributed by atoms with van der Waals surface area (Å²) < 4.78 is 20.8. The Kier molecular flexibility index (Phi) is 9.36. The molecule has 0 aliphatic carbocycles. The highest BCUT2D eigenvalue weighted by Gasteiger charge is 2.14. The van der Waals surface area contributed by atoms with Crippen LogP contribution >= 0.6 is 11.6 Å². The fourth-order valence-electron chi connectivity index (χ4n) is 2.39. The number of hydrogen-bond acceptors (Lipinski definition) is 7.